The van der Waals surface area contributed by atoms with E-state index in [9.17, 15) is 44.3 Å². The van der Waals surface area contributed by atoms with Gasteiger partial charge in [0, 0.05) is 37.9 Å². The molecule has 2 heterocycles. The second-order valence-electron chi connectivity index (χ2n) is 15.1. The number of hydrogen-bond donors (Lipinski definition) is 8. The van der Waals surface area contributed by atoms with E-state index in [0.29, 0.717) is 48.0 Å². The smallest absolute Gasteiger partial charge is 0.280 e. The van der Waals surface area contributed by atoms with Crippen molar-refractivity contribution >= 4 is 62.7 Å². The Hall–Kier alpha value is -6.32. The summed E-state index contributed by atoms with van der Waals surface area (Å²) in [5, 5.41) is 47.5. The largest absolute Gasteiger partial charge is 0.394 e. The van der Waals surface area contributed by atoms with Gasteiger partial charge in [0.25, 0.3) is 5.69 Å². The minimum atomic E-state index is -1.48. The zero-order valence-electron chi connectivity index (χ0n) is 35.0. The Kier molecular flexibility index (Phi) is 17.6. The van der Waals surface area contributed by atoms with Crippen molar-refractivity contribution in [3.8, 4) is 0 Å². The maximum absolute atomic E-state index is 13.0. The van der Waals surface area contributed by atoms with E-state index in [-0.39, 0.29) is 31.0 Å². The second-order valence-corrected chi connectivity index (χ2v) is 15.1. The Labute approximate surface area is 362 Å². The van der Waals surface area contributed by atoms with Gasteiger partial charge in [-0.2, -0.15) is 0 Å². The fourth-order valence-electron chi connectivity index (χ4n) is 7.15. The van der Waals surface area contributed by atoms with Crippen LogP contribution in [0.25, 0.3) is 21.8 Å². The third kappa shape index (κ3) is 13.3. The average molecular weight is 875 g/mol. The molecule has 63 heavy (non-hydrogen) atoms. The molecule has 0 spiro atoms. The number of nitrogens with one attached hydrogen (secondary N) is 5. The molecule has 1 aliphatic rings. The van der Waals surface area contributed by atoms with E-state index in [1.807, 2.05) is 54.6 Å². The van der Waals surface area contributed by atoms with Gasteiger partial charge in [0.1, 0.15) is 48.4 Å². The van der Waals surface area contributed by atoms with Crippen LogP contribution in [0.4, 0.5) is 11.4 Å². The Morgan fingerprint density at radius 3 is 2.35 bits per heavy atom. The van der Waals surface area contributed by atoms with Crippen LogP contribution in [0.2, 0.25) is 0 Å². The molecule has 20 heteroatoms. The molecule has 0 aliphatic carbocycles. The van der Waals surface area contributed by atoms with Crippen molar-refractivity contribution in [1.82, 2.24) is 26.3 Å². The summed E-state index contributed by atoms with van der Waals surface area (Å²) in [6, 6.07) is 17.8. The van der Waals surface area contributed by atoms with Crippen LogP contribution in [0.15, 0.2) is 72.8 Å². The molecule has 7 unspecified atom stereocenters. The highest BCUT2D eigenvalue weighted by Gasteiger charge is 2.47. The van der Waals surface area contributed by atoms with Gasteiger partial charge in [-0.15, -0.1) is 0 Å². The molecule has 1 saturated heterocycles. The Balaban J connectivity index is 1.03. The number of fused-ring (bicyclic) bond motifs is 2. The number of ether oxygens (including phenoxy) is 3. The molecule has 20 nitrogen and oxygen atoms in total. The van der Waals surface area contributed by atoms with Crippen molar-refractivity contribution in [1.29, 1.82) is 0 Å². The quantitative estimate of drug-likeness (QED) is 0.0227. The lowest BCUT2D eigenvalue weighted by Gasteiger charge is -2.44. The summed E-state index contributed by atoms with van der Waals surface area (Å²) < 4.78 is 17.4. The molecule has 4 aromatic rings. The summed E-state index contributed by atoms with van der Waals surface area (Å²) in [6.45, 7) is 2.23. The molecule has 338 valence electrons. The predicted molar refractivity (Wildman–Crippen MR) is 230 cm³/mol. The van der Waals surface area contributed by atoms with Gasteiger partial charge in [0.05, 0.1) is 34.9 Å². The van der Waals surface area contributed by atoms with Crippen molar-refractivity contribution in [2.24, 2.45) is 5.73 Å². The summed E-state index contributed by atoms with van der Waals surface area (Å²) in [7, 11) is 0. The van der Waals surface area contributed by atoms with E-state index in [1.54, 1.807) is 12.1 Å². The molecule has 5 rings (SSSR count). The summed E-state index contributed by atoms with van der Waals surface area (Å²) in [4.78, 5) is 78.9. The molecular weight excluding hydrogens is 821 g/mol. The number of anilines is 1. The monoisotopic (exact) mass is 874 g/mol. The van der Waals surface area contributed by atoms with Crippen LogP contribution in [-0.2, 0) is 44.8 Å². The van der Waals surface area contributed by atoms with Gasteiger partial charge in [-0.1, -0.05) is 54.6 Å². The van der Waals surface area contributed by atoms with E-state index in [2.05, 4.69) is 31.6 Å². The van der Waals surface area contributed by atoms with Crippen molar-refractivity contribution in [2.75, 3.05) is 31.6 Å². The van der Waals surface area contributed by atoms with Crippen LogP contribution < -0.4 is 32.3 Å². The second kappa shape index (κ2) is 23.2. The highest BCUT2D eigenvalue weighted by atomic mass is 16.7. The number of benzene rings is 3. The number of aliphatic hydroxyl groups excluding tert-OH is 2. The molecular formula is C43H54N8O12. The third-order valence-electron chi connectivity index (χ3n) is 10.3. The fraction of sp³-hybridized carbons (Fsp3) is 0.442. The van der Waals surface area contributed by atoms with E-state index < -0.39 is 84.5 Å². The normalized spacial score (nSPS) is 19.4. The lowest BCUT2D eigenvalue weighted by molar-refractivity contribution is -0.383. The summed E-state index contributed by atoms with van der Waals surface area (Å²) in [5.41, 5.74) is 8.13. The van der Waals surface area contributed by atoms with Gasteiger partial charge in [-0.3, -0.25) is 34.1 Å². The van der Waals surface area contributed by atoms with Crippen LogP contribution >= 0.6 is 0 Å². The Bertz CT molecular complexity index is 2230. The number of nitro groups is 1. The molecule has 1 fully saturated rings. The number of unbranched alkanes of at least 4 members (excludes halogenated alkanes) is 2. The number of primary amides is 1. The lowest BCUT2D eigenvalue weighted by atomic mass is 9.96. The molecule has 9 N–H and O–H groups in total. The summed E-state index contributed by atoms with van der Waals surface area (Å²) in [5.74, 6) is -3.29. The first kappa shape index (κ1) is 47.7. The Morgan fingerprint density at radius 2 is 1.63 bits per heavy atom. The highest BCUT2D eigenvalue weighted by Crippen LogP contribution is 2.36. The van der Waals surface area contributed by atoms with Gasteiger partial charge < -0.3 is 56.7 Å². The molecule has 0 bridgehead atoms. The minimum absolute atomic E-state index is 0.0389. The van der Waals surface area contributed by atoms with E-state index in [1.165, 1.54) is 19.9 Å². The van der Waals surface area contributed by atoms with Gasteiger partial charge in [0.2, 0.25) is 29.5 Å². The first-order valence-electron chi connectivity index (χ1n) is 20.6. The highest BCUT2D eigenvalue weighted by molar-refractivity contribution is 6.11. The summed E-state index contributed by atoms with van der Waals surface area (Å²) in [6.07, 6.45) is -3.27. The van der Waals surface area contributed by atoms with Gasteiger partial charge in [0.15, 0.2) is 6.29 Å². The summed E-state index contributed by atoms with van der Waals surface area (Å²) >= 11 is 0. The van der Waals surface area contributed by atoms with Gasteiger partial charge >= 0.3 is 0 Å². The molecule has 7 atom stereocenters. The first-order chi connectivity index (χ1) is 30.3. The van der Waals surface area contributed by atoms with Crippen LogP contribution in [0.1, 0.15) is 51.5 Å². The number of pyridine rings is 1. The number of amides is 5. The first-order valence-corrected chi connectivity index (χ1v) is 20.6. The SMILES string of the molecule is CC(=O)NC1C(OCc2ccccc2)OC(CO)C(O)C1OCC(=O)NC(C)C(=O)NC(CCC(=O)NCCCCCNc1c2ccccc2nc2cccc([N+](=O)[O-])c12)C(N)=O. The zero-order valence-corrected chi connectivity index (χ0v) is 35.0. The lowest BCUT2D eigenvalue weighted by Crippen LogP contribution is -2.65. The maximum atomic E-state index is 13.0. The maximum Gasteiger partial charge on any atom is 0.280 e. The van der Waals surface area contributed by atoms with Crippen LogP contribution in [0.5, 0.6) is 0 Å². The standard InChI is InChI=1S/C43H54N8O12/c1-25(47-35(55)24-61-40-38(48-26(2)53)43(63-33(22-52)39(40)56)62-23-27-12-5-3-6-13-27)42(58)50-31(41(44)57)18-19-34(54)45-20-9-4-10-21-46-37-28-14-7-8-15-29(28)49-30-16-11-17-32(36(30)37)51(59)60/h3,5-8,11-17,25,31,33,38-40,43,52,56H,4,9-10,18-24H2,1-2H3,(H2,44,57)(H,45,54)(H,46,49)(H,47,55)(H,48,53)(H,50,58). The Morgan fingerprint density at radius 1 is 0.921 bits per heavy atom. The van der Waals surface area contributed by atoms with E-state index in [4.69, 9.17) is 19.9 Å². The van der Waals surface area contributed by atoms with Crippen molar-refractivity contribution in [2.45, 2.75) is 95.3 Å². The van der Waals surface area contributed by atoms with E-state index in [0.717, 1.165) is 17.4 Å². The molecule has 5 amide bonds. The number of carbonyl (C=O) groups is 5. The zero-order chi connectivity index (χ0) is 45.5. The molecule has 3 aromatic carbocycles. The number of nitrogens with two attached hydrogens (primary N) is 1. The van der Waals surface area contributed by atoms with Gasteiger partial charge in [-0.25, -0.2) is 4.98 Å². The predicted octanol–water partition coefficient (Wildman–Crippen LogP) is 1.43. The molecule has 0 saturated carbocycles. The minimum Gasteiger partial charge on any atom is -0.394 e. The molecule has 1 aromatic heterocycles. The topological polar surface area (TPSA) is 296 Å². The van der Waals surface area contributed by atoms with Gasteiger partial charge in [-0.05, 0) is 50.3 Å². The van der Waals surface area contributed by atoms with Crippen LogP contribution in [0.3, 0.4) is 0 Å². The van der Waals surface area contributed by atoms with Crippen molar-refractivity contribution in [3.05, 3.63) is 88.5 Å². The van der Waals surface area contributed by atoms with Crippen LogP contribution in [-0.4, -0.2) is 119 Å². The third-order valence-corrected chi connectivity index (χ3v) is 10.3. The van der Waals surface area contributed by atoms with Crippen LogP contribution in [0, 0.1) is 10.1 Å². The number of aromatic nitrogens is 1. The number of rotatable bonds is 23. The molecule has 0 radical (unpaired) electrons. The number of nitro benzene ring substituents is 1. The van der Waals surface area contributed by atoms with E-state index >= 15 is 0 Å². The number of non-ortho nitro benzene ring substituents is 1. The number of carbonyl (C=O) groups excluding carboxylic acids is 5. The van der Waals surface area contributed by atoms with Crippen molar-refractivity contribution in [3.63, 3.8) is 0 Å². The molecule has 1 aliphatic heterocycles. The average Bonchev–Trinajstić information content (AvgIpc) is 3.26. The number of nitrogens with zero attached hydrogens (tertiary/aromatic N) is 2. The fourth-order valence-corrected chi connectivity index (χ4v) is 7.15. The van der Waals surface area contributed by atoms with Crippen molar-refractivity contribution < 1.29 is 53.3 Å². The number of para-hydroxylation sites is 1. The number of aliphatic hydroxyl groups is 2. The number of hydrogen-bond acceptors (Lipinski definition) is 14.